The minimum atomic E-state index is -1.17. The van der Waals surface area contributed by atoms with Gasteiger partial charge in [0.2, 0.25) is 0 Å². The van der Waals surface area contributed by atoms with Crippen molar-refractivity contribution in [2.75, 3.05) is 5.32 Å². The van der Waals surface area contributed by atoms with Crippen molar-refractivity contribution in [3.63, 3.8) is 0 Å². The molecule has 0 radical (unpaired) electrons. The summed E-state index contributed by atoms with van der Waals surface area (Å²) >= 11 is 3.34. The Labute approximate surface area is 120 Å². The number of carbonyl (C=O) groups excluding carboxylic acids is 1. The Morgan fingerprint density at radius 3 is 2.42 bits per heavy atom. The van der Waals surface area contributed by atoms with E-state index in [2.05, 4.69) is 21.2 Å². The van der Waals surface area contributed by atoms with Gasteiger partial charge >= 0.3 is 0 Å². The molecular weight excluding hydrogens is 306 g/mol. The Hall–Kier alpha value is -1.65. The van der Waals surface area contributed by atoms with E-state index in [1.807, 2.05) is 37.3 Å². The maximum absolute atomic E-state index is 12.0. The van der Waals surface area contributed by atoms with Gasteiger partial charge in [0.25, 0.3) is 5.91 Å². The molecule has 4 heteroatoms. The van der Waals surface area contributed by atoms with Crippen molar-refractivity contribution in [1.29, 1.82) is 0 Å². The Morgan fingerprint density at radius 2 is 1.79 bits per heavy atom. The van der Waals surface area contributed by atoms with Crippen LogP contribution in [0.1, 0.15) is 17.2 Å². The molecule has 0 aliphatic heterocycles. The van der Waals surface area contributed by atoms with Gasteiger partial charge in [0.05, 0.1) is 5.69 Å². The van der Waals surface area contributed by atoms with Crippen LogP contribution in [0.5, 0.6) is 0 Å². The zero-order valence-electron chi connectivity index (χ0n) is 10.4. The van der Waals surface area contributed by atoms with E-state index in [0.717, 1.165) is 10.0 Å². The Balaban J connectivity index is 2.12. The lowest BCUT2D eigenvalue weighted by molar-refractivity contribution is -0.124. The summed E-state index contributed by atoms with van der Waals surface area (Å²) < 4.78 is 0.777. The summed E-state index contributed by atoms with van der Waals surface area (Å²) in [7, 11) is 0. The van der Waals surface area contributed by atoms with Crippen molar-refractivity contribution >= 4 is 27.5 Å². The van der Waals surface area contributed by atoms with E-state index in [0.29, 0.717) is 11.3 Å². The molecule has 0 aliphatic carbocycles. The molecule has 2 aromatic carbocycles. The number of carbonyl (C=O) groups is 1. The quantitative estimate of drug-likeness (QED) is 0.910. The first-order chi connectivity index (χ1) is 9.08. The fourth-order valence-corrected chi connectivity index (χ4v) is 2.05. The number of para-hydroxylation sites is 1. The van der Waals surface area contributed by atoms with Crippen LogP contribution in [0.15, 0.2) is 53.0 Å². The molecule has 1 atom stereocenters. The zero-order chi connectivity index (χ0) is 13.8. The molecule has 0 heterocycles. The molecule has 1 amide bonds. The van der Waals surface area contributed by atoms with Crippen molar-refractivity contribution in [3.05, 3.63) is 64.1 Å². The lowest BCUT2D eigenvalue weighted by Crippen LogP contribution is -2.20. The molecule has 0 saturated heterocycles. The number of aliphatic hydroxyl groups is 1. The smallest absolute Gasteiger partial charge is 0.257 e. The highest BCUT2D eigenvalue weighted by Gasteiger charge is 2.17. The summed E-state index contributed by atoms with van der Waals surface area (Å²) in [6, 6.07) is 14.5. The van der Waals surface area contributed by atoms with E-state index in [4.69, 9.17) is 0 Å². The van der Waals surface area contributed by atoms with Crippen LogP contribution in [0.25, 0.3) is 0 Å². The van der Waals surface area contributed by atoms with Gasteiger partial charge in [0.1, 0.15) is 0 Å². The number of hydrogen-bond acceptors (Lipinski definition) is 2. The van der Waals surface area contributed by atoms with Gasteiger partial charge in [-0.15, -0.1) is 0 Å². The van der Waals surface area contributed by atoms with E-state index >= 15 is 0 Å². The molecule has 3 nitrogen and oxygen atoms in total. The summed E-state index contributed by atoms with van der Waals surface area (Å²) in [6.07, 6.45) is -1.17. The Bertz CT molecular complexity index is 581. The maximum atomic E-state index is 12.0. The first kappa shape index (κ1) is 13.8. The highest BCUT2D eigenvalue weighted by atomic mass is 79.9. The number of anilines is 1. The van der Waals surface area contributed by atoms with Crippen LogP contribution in [-0.2, 0) is 4.79 Å². The minimum Gasteiger partial charge on any atom is -0.378 e. The van der Waals surface area contributed by atoms with E-state index in [-0.39, 0.29) is 0 Å². The number of hydrogen-bond donors (Lipinski definition) is 2. The zero-order valence-corrected chi connectivity index (χ0v) is 12.0. The highest BCUT2D eigenvalue weighted by molar-refractivity contribution is 9.10. The predicted octanol–water partition coefficient (Wildman–Crippen LogP) is 3.43. The van der Waals surface area contributed by atoms with Gasteiger partial charge in [-0.3, -0.25) is 4.79 Å². The molecule has 0 spiro atoms. The van der Waals surface area contributed by atoms with Crippen molar-refractivity contribution in [3.8, 4) is 0 Å². The highest BCUT2D eigenvalue weighted by Crippen LogP contribution is 2.23. The molecule has 0 bridgehead atoms. The van der Waals surface area contributed by atoms with E-state index in [1.165, 1.54) is 0 Å². The number of aliphatic hydroxyl groups excluding tert-OH is 1. The fraction of sp³-hybridized carbons (Fsp3) is 0.133. The molecule has 19 heavy (non-hydrogen) atoms. The van der Waals surface area contributed by atoms with Gasteiger partial charge < -0.3 is 10.4 Å². The van der Waals surface area contributed by atoms with Crippen LogP contribution in [-0.4, -0.2) is 11.0 Å². The van der Waals surface area contributed by atoms with Crippen LogP contribution >= 0.6 is 15.9 Å². The molecule has 2 aromatic rings. The average molecular weight is 320 g/mol. The van der Waals surface area contributed by atoms with Crippen molar-refractivity contribution < 1.29 is 9.90 Å². The fourth-order valence-electron chi connectivity index (χ4n) is 1.66. The first-order valence-electron chi connectivity index (χ1n) is 5.88. The lowest BCUT2D eigenvalue weighted by Gasteiger charge is -2.12. The molecule has 0 fully saturated rings. The van der Waals surface area contributed by atoms with Gasteiger partial charge in [-0.1, -0.05) is 42.0 Å². The molecule has 2 rings (SSSR count). The second kappa shape index (κ2) is 5.99. The topological polar surface area (TPSA) is 49.3 Å². The summed E-state index contributed by atoms with van der Waals surface area (Å²) in [4.78, 5) is 12.0. The number of rotatable bonds is 3. The van der Waals surface area contributed by atoms with Crippen molar-refractivity contribution in [1.82, 2.24) is 0 Å². The normalized spacial score (nSPS) is 11.9. The summed E-state index contributed by atoms with van der Waals surface area (Å²) in [5, 5.41) is 12.7. The first-order valence-corrected chi connectivity index (χ1v) is 6.67. The molecular formula is C15H14BrNO2. The molecule has 98 valence electrons. The van der Waals surface area contributed by atoms with Gasteiger partial charge in [0, 0.05) is 4.47 Å². The maximum Gasteiger partial charge on any atom is 0.257 e. The van der Waals surface area contributed by atoms with Crippen LogP contribution in [0.2, 0.25) is 0 Å². The number of benzene rings is 2. The van der Waals surface area contributed by atoms with Crippen LogP contribution < -0.4 is 5.32 Å². The number of halogens is 1. The number of aryl methyl sites for hydroxylation is 1. The summed E-state index contributed by atoms with van der Waals surface area (Å²) in [5.74, 6) is -0.448. The lowest BCUT2D eigenvalue weighted by atomic mass is 10.1. The third kappa shape index (κ3) is 3.43. The molecule has 0 saturated carbocycles. The molecule has 1 unspecified atom stereocenters. The average Bonchev–Trinajstić information content (AvgIpc) is 2.41. The second-order valence-corrected chi connectivity index (χ2v) is 5.14. The van der Waals surface area contributed by atoms with Gasteiger partial charge in [-0.05, 0) is 40.5 Å². The SMILES string of the molecule is Cc1ccc(C(O)C(=O)Nc2ccccc2Br)cc1. The molecule has 0 aromatic heterocycles. The Kier molecular flexibility index (Phi) is 4.35. The molecule has 2 N–H and O–H groups in total. The largest absolute Gasteiger partial charge is 0.378 e. The monoisotopic (exact) mass is 319 g/mol. The van der Waals surface area contributed by atoms with Gasteiger partial charge in [-0.25, -0.2) is 0 Å². The van der Waals surface area contributed by atoms with E-state index in [1.54, 1.807) is 18.2 Å². The van der Waals surface area contributed by atoms with Crippen LogP contribution in [0.4, 0.5) is 5.69 Å². The van der Waals surface area contributed by atoms with Crippen LogP contribution in [0, 0.1) is 6.92 Å². The standard InChI is InChI=1S/C15H14BrNO2/c1-10-6-8-11(9-7-10)14(18)15(19)17-13-5-3-2-4-12(13)16/h2-9,14,18H,1H3,(H,17,19). The van der Waals surface area contributed by atoms with Crippen molar-refractivity contribution in [2.24, 2.45) is 0 Å². The third-order valence-corrected chi connectivity index (χ3v) is 3.46. The second-order valence-electron chi connectivity index (χ2n) is 4.28. The third-order valence-electron chi connectivity index (χ3n) is 2.77. The van der Waals surface area contributed by atoms with E-state index in [9.17, 15) is 9.90 Å². The van der Waals surface area contributed by atoms with Crippen LogP contribution in [0.3, 0.4) is 0 Å². The van der Waals surface area contributed by atoms with Crippen molar-refractivity contribution in [2.45, 2.75) is 13.0 Å². The number of amides is 1. The van der Waals surface area contributed by atoms with E-state index < -0.39 is 12.0 Å². The number of nitrogens with one attached hydrogen (secondary N) is 1. The minimum absolute atomic E-state index is 0.448. The summed E-state index contributed by atoms with van der Waals surface area (Å²) in [6.45, 7) is 1.96. The predicted molar refractivity (Wildman–Crippen MR) is 78.9 cm³/mol. The van der Waals surface area contributed by atoms with Gasteiger partial charge in [0.15, 0.2) is 6.10 Å². The summed E-state index contributed by atoms with van der Waals surface area (Å²) in [5.41, 5.74) is 2.30. The Morgan fingerprint density at radius 1 is 1.16 bits per heavy atom. The van der Waals surface area contributed by atoms with Gasteiger partial charge in [-0.2, -0.15) is 0 Å². The molecule has 0 aliphatic rings.